The van der Waals surface area contributed by atoms with Crippen molar-refractivity contribution in [2.24, 2.45) is 17.6 Å². The molecule has 3 rings (SSSR count). The van der Waals surface area contributed by atoms with Gasteiger partial charge in [-0.1, -0.05) is 0 Å². The predicted octanol–water partition coefficient (Wildman–Crippen LogP) is 1.72. The summed E-state index contributed by atoms with van der Waals surface area (Å²) in [6.07, 6.45) is 2.42. The van der Waals surface area contributed by atoms with Gasteiger partial charge in [0.1, 0.15) is 0 Å². The molecule has 2 atom stereocenters. The summed E-state index contributed by atoms with van der Waals surface area (Å²) in [6, 6.07) is 1.79. The van der Waals surface area contributed by atoms with E-state index < -0.39 is 10.0 Å². The van der Waals surface area contributed by atoms with Crippen LogP contribution in [0.1, 0.15) is 22.6 Å². The lowest BCUT2D eigenvalue weighted by molar-refractivity contribution is 0.428. The fourth-order valence-corrected chi connectivity index (χ4v) is 6.08. The van der Waals surface area contributed by atoms with Gasteiger partial charge in [0.25, 0.3) is 0 Å². The maximum atomic E-state index is 12.7. The lowest BCUT2D eigenvalue weighted by atomic mass is 9.99. The van der Waals surface area contributed by atoms with E-state index in [-0.39, 0.29) is 6.04 Å². The maximum Gasteiger partial charge on any atom is 0.244 e. The molecule has 2 heterocycles. The second-order valence-electron chi connectivity index (χ2n) is 5.76. The maximum absolute atomic E-state index is 12.7. The van der Waals surface area contributed by atoms with Crippen molar-refractivity contribution in [3.8, 4) is 0 Å². The molecule has 1 saturated carbocycles. The van der Waals surface area contributed by atoms with Crippen molar-refractivity contribution in [1.82, 2.24) is 4.31 Å². The first-order valence-corrected chi connectivity index (χ1v) is 8.98. The first-order chi connectivity index (χ1) is 8.89. The monoisotopic (exact) mass is 300 g/mol. The Morgan fingerprint density at radius 1 is 1.32 bits per heavy atom. The van der Waals surface area contributed by atoms with Crippen molar-refractivity contribution in [3.05, 3.63) is 15.8 Å². The number of rotatable bonds is 3. The molecule has 0 unspecified atom stereocenters. The fraction of sp³-hybridized carbons (Fsp3) is 0.692. The zero-order valence-electron chi connectivity index (χ0n) is 11.3. The minimum absolute atomic E-state index is 0.00214. The highest BCUT2D eigenvalue weighted by Crippen LogP contribution is 2.42. The molecule has 1 aliphatic heterocycles. The number of thiophene rings is 1. The third kappa shape index (κ3) is 2.35. The van der Waals surface area contributed by atoms with Crippen LogP contribution in [0.25, 0.3) is 0 Å². The Labute approximate surface area is 118 Å². The number of sulfonamides is 1. The molecule has 106 valence electrons. The average molecular weight is 300 g/mol. The Kier molecular flexibility index (Phi) is 3.24. The van der Waals surface area contributed by atoms with Gasteiger partial charge in [0.2, 0.25) is 10.0 Å². The van der Waals surface area contributed by atoms with E-state index in [1.807, 2.05) is 13.8 Å². The summed E-state index contributed by atoms with van der Waals surface area (Å²) in [5, 5.41) is 0. The van der Waals surface area contributed by atoms with Crippen LogP contribution in [0.4, 0.5) is 0 Å². The smallest absolute Gasteiger partial charge is 0.244 e. The van der Waals surface area contributed by atoms with Crippen molar-refractivity contribution in [2.45, 2.75) is 37.6 Å². The zero-order valence-corrected chi connectivity index (χ0v) is 12.9. The highest BCUT2D eigenvalue weighted by atomic mass is 32.2. The van der Waals surface area contributed by atoms with Gasteiger partial charge >= 0.3 is 0 Å². The van der Waals surface area contributed by atoms with Crippen molar-refractivity contribution in [2.75, 3.05) is 13.1 Å². The van der Waals surface area contributed by atoms with E-state index in [1.165, 1.54) is 24.2 Å². The molecule has 2 fully saturated rings. The highest BCUT2D eigenvalue weighted by Gasteiger charge is 2.44. The molecule has 0 radical (unpaired) electrons. The average Bonchev–Trinajstić information content (AvgIpc) is 3.00. The first kappa shape index (κ1) is 13.5. The summed E-state index contributed by atoms with van der Waals surface area (Å²) in [5.74, 6) is 1.01. The Hall–Kier alpha value is -0.430. The van der Waals surface area contributed by atoms with Gasteiger partial charge < -0.3 is 5.73 Å². The standard InChI is InChI=1S/C13H20N2O2S2/c1-8-5-13(9(2)18-8)19(16,17)15-6-11(10-3-4-10)12(14)7-15/h5,10-12H,3-4,6-7,14H2,1-2H3/t11-,12+/m1/s1. The van der Waals surface area contributed by atoms with Crippen LogP contribution < -0.4 is 5.73 Å². The van der Waals surface area contributed by atoms with Gasteiger partial charge in [-0.05, 0) is 44.6 Å². The third-order valence-corrected chi connectivity index (χ3v) is 7.27. The normalized spacial score (nSPS) is 29.0. The van der Waals surface area contributed by atoms with Crippen LogP contribution in [-0.2, 0) is 10.0 Å². The van der Waals surface area contributed by atoms with Gasteiger partial charge in [0.15, 0.2) is 0 Å². The Bertz CT molecular complexity index is 590. The second kappa shape index (κ2) is 4.55. The van der Waals surface area contributed by atoms with Crippen molar-refractivity contribution >= 4 is 21.4 Å². The molecule has 4 nitrogen and oxygen atoms in total. The summed E-state index contributed by atoms with van der Waals surface area (Å²) in [7, 11) is -3.36. The highest BCUT2D eigenvalue weighted by molar-refractivity contribution is 7.89. The summed E-state index contributed by atoms with van der Waals surface area (Å²) in [5.41, 5.74) is 6.12. The zero-order chi connectivity index (χ0) is 13.8. The van der Waals surface area contributed by atoms with Crippen LogP contribution >= 0.6 is 11.3 Å². The van der Waals surface area contributed by atoms with E-state index >= 15 is 0 Å². The number of hydrogen-bond donors (Lipinski definition) is 1. The summed E-state index contributed by atoms with van der Waals surface area (Å²) in [6.45, 7) is 4.89. The first-order valence-electron chi connectivity index (χ1n) is 6.72. The minimum Gasteiger partial charge on any atom is -0.326 e. The minimum atomic E-state index is -3.36. The molecule has 0 aromatic carbocycles. The second-order valence-corrected chi connectivity index (χ2v) is 9.13. The molecule has 6 heteroatoms. The van der Waals surface area contributed by atoms with E-state index in [4.69, 9.17) is 5.73 Å². The summed E-state index contributed by atoms with van der Waals surface area (Å²) in [4.78, 5) is 2.39. The Balaban J connectivity index is 1.87. The van der Waals surface area contributed by atoms with Gasteiger partial charge in [-0.15, -0.1) is 11.3 Å². The third-order valence-electron chi connectivity index (χ3n) is 4.22. The van der Waals surface area contributed by atoms with Crippen molar-refractivity contribution < 1.29 is 8.42 Å². The van der Waals surface area contributed by atoms with E-state index in [0.717, 1.165) is 9.75 Å². The number of nitrogens with two attached hydrogens (primary N) is 1. The van der Waals surface area contributed by atoms with E-state index in [2.05, 4.69) is 0 Å². The van der Waals surface area contributed by atoms with Gasteiger partial charge in [-0.2, -0.15) is 4.31 Å². The molecule has 2 N–H and O–H groups in total. The Morgan fingerprint density at radius 2 is 2.00 bits per heavy atom. The summed E-state index contributed by atoms with van der Waals surface area (Å²) < 4.78 is 27.0. The van der Waals surface area contributed by atoms with Gasteiger partial charge in [-0.3, -0.25) is 0 Å². The van der Waals surface area contributed by atoms with E-state index in [1.54, 1.807) is 10.4 Å². The quantitative estimate of drug-likeness (QED) is 0.924. The van der Waals surface area contributed by atoms with Crippen LogP contribution in [0.3, 0.4) is 0 Å². The molecule has 0 bridgehead atoms. The van der Waals surface area contributed by atoms with Crippen LogP contribution in [-0.4, -0.2) is 31.9 Å². The molecular weight excluding hydrogens is 280 g/mol. The number of hydrogen-bond acceptors (Lipinski definition) is 4. The van der Waals surface area contributed by atoms with E-state index in [0.29, 0.717) is 29.8 Å². The van der Waals surface area contributed by atoms with Crippen molar-refractivity contribution in [3.63, 3.8) is 0 Å². The Morgan fingerprint density at radius 3 is 2.53 bits per heavy atom. The van der Waals surface area contributed by atoms with Crippen LogP contribution in [0.15, 0.2) is 11.0 Å². The molecule has 1 aromatic rings. The predicted molar refractivity (Wildman–Crippen MR) is 76.7 cm³/mol. The van der Waals surface area contributed by atoms with Crippen LogP contribution in [0.5, 0.6) is 0 Å². The van der Waals surface area contributed by atoms with Gasteiger partial charge in [0, 0.05) is 28.9 Å². The van der Waals surface area contributed by atoms with E-state index in [9.17, 15) is 8.42 Å². The lowest BCUT2D eigenvalue weighted by Gasteiger charge is -2.16. The SMILES string of the molecule is Cc1cc(S(=O)(=O)N2C[C@H](C3CC3)[C@@H](N)C2)c(C)s1. The molecule has 19 heavy (non-hydrogen) atoms. The fourth-order valence-electron chi connectivity index (χ4n) is 3.04. The van der Waals surface area contributed by atoms with Crippen LogP contribution in [0, 0.1) is 25.7 Å². The molecule has 0 amide bonds. The molecule has 2 aliphatic rings. The van der Waals surface area contributed by atoms with Gasteiger partial charge in [0.05, 0.1) is 4.90 Å². The molecule has 1 aliphatic carbocycles. The largest absolute Gasteiger partial charge is 0.326 e. The number of nitrogens with zero attached hydrogens (tertiary/aromatic N) is 1. The molecule has 1 saturated heterocycles. The molecule has 1 aromatic heterocycles. The molecule has 0 spiro atoms. The van der Waals surface area contributed by atoms with Gasteiger partial charge in [-0.25, -0.2) is 8.42 Å². The topological polar surface area (TPSA) is 63.4 Å². The lowest BCUT2D eigenvalue weighted by Crippen LogP contribution is -2.32. The number of aryl methyl sites for hydroxylation is 2. The molecular formula is C13H20N2O2S2. The summed E-state index contributed by atoms with van der Waals surface area (Å²) >= 11 is 1.54. The van der Waals surface area contributed by atoms with Crippen molar-refractivity contribution in [1.29, 1.82) is 0 Å². The van der Waals surface area contributed by atoms with Crippen LogP contribution in [0.2, 0.25) is 0 Å².